The number of rotatable bonds is 2. The molecule has 1 aromatic rings. The first-order chi connectivity index (χ1) is 5.36. The first-order valence-electron chi connectivity index (χ1n) is 3.51. The number of hydrogen-bond acceptors (Lipinski definition) is 2. The van der Waals surface area contributed by atoms with Crippen molar-refractivity contribution in [2.45, 2.75) is 18.2 Å². The normalized spacial score (nSPS) is 9.09. The Labute approximate surface area is 71.0 Å². The Bertz CT molecular complexity index is 258. The molecule has 0 radical (unpaired) electrons. The quantitative estimate of drug-likeness (QED) is 0.494. The van der Waals surface area contributed by atoms with Crippen molar-refractivity contribution in [3.63, 3.8) is 0 Å². The summed E-state index contributed by atoms with van der Waals surface area (Å²) in [5, 5.41) is 10.4. The smallest absolute Gasteiger partial charge is 0.138 e. The highest BCUT2D eigenvalue weighted by molar-refractivity contribution is 8.03. The predicted molar refractivity (Wildman–Crippen MR) is 47.3 cm³/mol. The average molecular weight is 163 g/mol. The van der Waals surface area contributed by atoms with Crippen LogP contribution < -0.4 is 0 Å². The molecular formula is C9H9NS. The molecule has 0 aliphatic heterocycles. The van der Waals surface area contributed by atoms with E-state index >= 15 is 0 Å². The van der Waals surface area contributed by atoms with E-state index in [0.717, 1.165) is 11.3 Å². The lowest BCUT2D eigenvalue weighted by molar-refractivity contribution is 1.13. The lowest BCUT2D eigenvalue weighted by Crippen LogP contribution is -1.77. The minimum atomic E-state index is 1.02. The Balaban J connectivity index is 2.76. The lowest BCUT2D eigenvalue weighted by Gasteiger charge is -1.95. The van der Waals surface area contributed by atoms with Crippen LogP contribution in [0, 0.1) is 10.7 Å². The summed E-state index contributed by atoms with van der Waals surface area (Å²) in [5.41, 5.74) is 1.31. The van der Waals surface area contributed by atoms with Crippen molar-refractivity contribution >= 4 is 11.8 Å². The maximum Gasteiger partial charge on any atom is 0.138 e. The van der Waals surface area contributed by atoms with Crippen LogP contribution in [0.3, 0.4) is 0 Å². The number of thioether (sulfide) groups is 1. The van der Waals surface area contributed by atoms with Gasteiger partial charge in [0.25, 0.3) is 0 Å². The number of nitriles is 1. The van der Waals surface area contributed by atoms with E-state index in [-0.39, 0.29) is 0 Å². The molecule has 0 N–H and O–H groups in total. The molecule has 0 heterocycles. The van der Waals surface area contributed by atoms with Crippen LogP contribution in [0.1, 0.15) is 12.5 Å². The van der Waals surface area contributed by atoms with Crippen molar-refractivity contribution in [2.75, 3.05) is 0 Å². The third kappa shape index (κ3) is 2.28. The van der Waals surface area contributed by atoms with E-state index in [4.69, 9.17) is 5.26 Å². The number of nitrogens with zero attached hydrogens (tertiary/aromatic N) is 1. The van der Waals surface area contributed by atoms with Crippen molar-refractivity contribution in [2.24, 2.45) is 0 Å². The van der Waals surface area contributed by atoms with E-state index in [0.29, 0.717) is 0 Å². The van der Waals surface area contributed by atoms with Crippen LogP contribution in [0.25, 0.3) is 0 Å². The van der Waals surface area contributed by atoms with Crippen LogP contribution in [0.4, 0.5) is 0 Å². The molecule has 0 saturated heterocycles. The predicted octanol–water partition coefficient (Wildman–Crippen LogP) is 2.82. The lowest BCUT2D eigenvalue weighted by atomic mass is 10.2. The third-order valence-electron chi connectivity index (χ3n) is 1.50. The van der Waals surface area contributed by atoms with E-state index in [1.54, 1.807) is 0 Å². The molecule has 0 saturated carbocycles. The summed E-state index contributed by atoms with van der Waals surface area (Å²) >= 11 is 1.20. The second-order valence-corrected chi connectivity index (χ2v) is 3.05. The Morgan fingerprint density at radius 2 is 2.00 bits per heavy atom. The van der Waals surface area contributed by atoms with E-state index in [1.165, 1.54) is 17.3 Å². The van der Waals surface area contributed by atoms with Gasteiger partial charge in [0.05, 0.1) is 0 Å². The van der Waals surface area contributed by atoms with E-state index in [9.17, 15) is 0 Å². The third-order valence-corrected chi connectivity index (χ3v) is 2.09. The van der Waals surface area contributed by atoms with Crippen LogP contribution >= 0.6 is 11.8 Å². The standard InChI is InChI=1S/C9H9NS/c1-2-8-3-5-9(6-4-8)11-7-10/h3-6H,2H2,1H3. The Hall–Kier alpha value is -0.940. The van der Waals surface area contributed by atoms with Crippen LogP contribution in [0.2, 0.25) is 0 Å². The zero-order valence-corrected chi connectivity index (χ0v) is 7.19. The molecule has 0 bridgehead atoms. The fraction of sp³-hybridized carbons (Fsp3) is 0.222. The van der Waals surface area contributed by atoms with Gasteiger partial charge in [-0.05, 0) is 35.9 Å². The zero-order chi connectivity index (χ0) is 8.10. The van der Waals surface area contributed by atoms with Gasteiger partial charge in [-0.1, -0.05) is 19.1 Å². The van der Waals surface area contributed by atoms with Crippen molar-refractivity contribution in [3.05, 3.63) is 29.8 Å². The average Bonchev–Trinajstić information content (AvgIpc) is 2.07. The SMILES string of the molecule is CCc1ccc(SC#N)cc1. The van der Waals surface area contributed by atoms with Crippen LogP contribution in [-0.2, 0) is 6.42 Å². The summed E-state index contributed by atoms with van der Waals surface area (Å²) in [6.45, 7) is 2.12. The number of thiocyanates is 1. The summed E-state index contributed by atoms with van der Waals surface area (Å²) in [6, 6.07) is 8.07. The molecule has 1 aromatic carbocycles. The van der Waals surface area contributed by atoms with Gasteiger partial charge < -0.3 is 0 Å². The fourth-order valence-corrected chi connectivity index (χ4v) is 1.22. The fourth-order valence-electron chi connectivity index (χ4n) is 0.846. The minimum absolute atomic E-state index is 1.02. The zero-order valence-electron chi connectivity index (χ0n) is 6.37. The van der Waals surface area contributed by atoms with Gasteiger partial charge in [-0.25, -0.2) is 0 Å². The molecule has 0 spiro atoms. The van der Waals surface area contributed by atoms with E-state index < -0.39 is 0 Å². The molecule has 0 amide bonds. The van der Waals surface area contributed by atoms with Gasteiger partial charge in [-0.15, -0.1) is 0 Å². The summed E-state index contributed by atoms with van der Waals surface area (Å²) in [6.07, 6.45) is 1.05. The maximum atomic E-state index is 8.36. The largest absolute Gasteiger partial charge is 0.185 e. The molecule has 0 aliphatic rings. The van der Waals surface area contributed by atoms with Crippen LogP contribution in [0.15, 0.2) is 29.2 Å². The molecule has 1 rings (SSSR count). The first-order valence-corrected chi connectivity index (χ1v) is 4.33. The van der Waals surface area contributed by atoms with Gasteiger partial charge in [0.15, 0.2) is 0 Å². The number of aryl methyl sites for hydroxylation is 1. The molecule has 0 aliphatic carbocycles. The molecule has 0 atom stereocenters. The molecule has 0 aromatic heterocycles. The van der Waals surface area contributed by atoms with Gasteiger partial charge in [-0.2, -0.15) is 5.26 Å². The highest BCUT2D eigenvalue weighted by Gasteiger charge is 1.91. The second-order valence-electron chi connectivity index (χ2n) is 2.19. The van der Waals surface area contributed by atoms with Crippen molar-refractivity contribution in [1.82, 2.24) is 0 Å². The van der Waals surface area contributed by atoms with Crippen molar-refractivity contribution in [3.8, 4) is 5.40 Å². The molecule has 0 fully saturated rings. The second kappa shape index (κ2) is 4.05. The van der Waals surface area contributed by atoms with Gasteiger partial charge in [0, 0.05) is 4.90 Å². The monoisotopic (exact) mass is 163 g/mol. The van der Waals surface area contributed by atoms with Gasteiger partial charge in [-0.3, -0.25) is 0 Å². The molecule has 0 unspecified atom stereocenters. The molecule has 56 valence electrons. The Morgan fingerprint density at radius 3 is 2.45 bits per heavy atom. The highest BCUT2D eigenvalue weighted by atomic mass is 32.2. The van der Waals surface area contributed by atoms with E-state index in [2.05, 4.69) is 19.1 Å². The maximum absolute atomic E-state index is 8.36. The molecule has 1 nitrogen and oxygen atoms in total. The number of benzene rings is 1. The number of hydrogen-bond donors (Lipinski definition) is 0. The highest BCUT2D eigenvalue weighted by Crippen LogP contribution is 2.16. The van der Waals surface area contributed by atoms with Gasteiger partial charge >= 0.3 is 0 Å². The minimum Gasteiger partial charge on any atom is -0.185 e. The molecular weight excluding hydrogens is 154 g/mol. The van der Waals surface area contributed by atoms with Crippen molar-refractivity contribution < 1.29 is 0 Å². The van der Waals surface area contributed by atoms with Crippen molar-refractivity contribution in [1.29, 1.82) is 5.26 Å². The molecule has 2 heteroatoms. The van der Waals surface area contributed by atoms with Gasteiger partial charge in [0.2, 0.25) is 0 Å². The Kier molecular flexibility index (Phi) is 3.00. The summed E-state index contributed by atoms with van der Waals surface area (Å²) < 4.78 is 0. The topological polar surface area (TPSA) is 23.8 Å². The summed E-state index contributed by atoms with van der Waals surface area (Å²) in [7, 11) is 0. The summed E-state index contributed by atoms with van der Waals surface area (Å²) in [5.74, 6) is 0. The van der Waals surface area contributed by atoms with Gasteiger partial charge in [0.1, 0.15) is 5.40 Å². The van der Waals surface area contributed by atoms with Crippen LogP contribution in [0.5, 0.6) is 0 Å². The van der Waals surface area contributed by atoms with E-state index in [1.807, 2.05) is 17.5 Å². The summed E-state index contributed by atoms with van der Waals surface area (Å²) in [4.78, 5) is 1.02. The first kappa shape index (κ1) is 8.16. The van der Waals surface area contributed by atoms with Crippen LogP contribution in [-0.4, -0.2) is 0 Å². The Morgan fingerprint density at radius 1 is 1.36 bits per heavy atom. The molecule has 11 heavy (non-hydrogen) atoms.